The Morgan fingerprint density at radius 3 is 2.92 bits per heavy atom. The summed E-state index contributed by atoms with van der Waals surface area (Å²) in [6, 6.07) is 1.92. The van der Waals surface area contributed by atoms with Gasteiger partial charge in [0.2, 0.25) is 5.88 Å². The first-order chi connectivity index (χ1) is 6.33. The van der Waals surface area contributed by atoms with E-state index in [9.17, 15) is 0 Å². The van der Waals surface area contributed by atoms with Gasteiger partial charge < -0.3 is 4.74 Å². The number of nitrogens with zero attached hydrogens (tertiary/aromatic N) is 2. The number of hydrogen-bond acceptors (Lipinski definition) is 3. The molecule has 0 aliphatic rings. The maximum atomic E-state index is 5.11. The molecule has 0 atom stereocenters. The van der Waals surface area contributed by atoms with Crippen molar-refractivity contribution in [3.8, 4) is 5.88 Å². The number of hydrogen-bond donors (Lipinski definition) is 0. The molecule has 0 bridgehead atoms. The van der Waals surface area contributed by atoms with Crippen LogP contribution in [0.1, 0.15) is 0 Å². The van der Waals surface area contributed by atoms with Gasteiger partial charge in [0.15, 0.2) is 0 Å². The maximum Gasteiger partial charge on any atom is 0.222 e. The Bertz CT molecular complexity index is 445. The molecule has 0 fully saturated rings. The Hall–Kier alpha value is -1.16. The lowest BCUT2D eigenvalue weighted by atomic mass is 10.2. The fourth-order valence-electron chi connectivity index (χ4n) is 1.20. The van der Waals surface area contributed by atoms with Crippen molar-refractivity contribution in [1.82, 2.24) is 9.97 Å². The molecule has 0 amide bonds. The van der Waals surface area contributed by atoms with Gasteiger partial charge in [-0.15, -0.1) is 0 Å². The number of rotatable bonds is 1. The summed E-state index contributed by atoms with van der Waals surface area (Å²) in [5.41, 5.74) is 0. The van der Waals surface area contributed by atoms with E-state index in [1.165, 1.54) is 0 Å². The van der Waals surface area contributed by atoms with Crippen LogP contribution < -0.4 is 4.74 Å². The normalized spacial score (nSPS) is 10.3. The highest BCUT2D eigenvalue weighted by Crippen LogP contribution is 2.27. The monoisotopic (exact) mass is 238 g/mol. The van der Waals surface area contributed by atoms with Gasteiger partial charge in [0.05, 0.1) is 12.5 Å². The molecule has 66 valence electrons. The van der Waals surface area contributed by atoms with E-state index in [1.807, 2.05) is 6.07 Å². The zero-order valence-corrected chi connectivity index (χ0v) is 8.58. The van der Waals surface area contributed by atoms with E-state index in [1.54, 1.807) is 25.7 Å². The van der Waals surface area contributed by atoms with Crippen molar-refractivity contribution in [3.05, 3.63) is 29.1 Å². The molecule has 2 heterocycles. The lowest BCUT2D eigenvalue weighted by Gasteiger charge is -2.03. The average molecular weight is 239 g/mol. The van der Waals surface area contributed by atoms with Gasteiger partial charge in [-0.1, -0.05) is 0 Å². The van der Waals surface area contributed by atoms with E-state index in [-0.39, 0.29) is 0 Å². The summed E-state index contributed by atoms with van der Waals surface area (Å²) in [4.78, 5) is 8.14. The Kier molecular flexibility index (Phi) is 2.14. The number of halogens is 1. The minimum Gasteiger partial charge on any atom is -0.481 e. The van der Waals surface area contributed by atoms with E-state index < -0.39 is 0 Å². The quantitative estimate of drug-likeness (QED) is 0.766. The zero-order chi connectivity index (χ0) is 9.26. The summed E-state index contributed by atoms with van der Waals surface area (Å²) < 4.78 is 6.06. The highest BCUT2D eigenvalue weighted by molar-refractivity contribution is 9.10. The van der Waals surface area contributed by atoms with E-state index in [2.05, 4.69) is 25.9 Å². The third-order valence-electron chi connectivity index (χ3n) is 1.80. The number of ether oxygens (including phenoxy) is 1. The van der Waals surface area contributed by atoms with Crippen LogP contribution in [-0.4, -0.2) is 17.1 Å². The van der Waals surface area contributed by atoms with Gasteiger partial charge in [-0.05, 0) is 22.0 Å². The second-order valence-electron chi connectivity index (χ2n) is 2.54. The molecule has 2 aromatic heterocycles. The molecule has 0 saturated carbocycles. The van der Waals surface area contributed by atoms with Crippen molar-refractivity contribution in [2.24, 2.45) is 0 Å². The predicted molar refractivity (Wildman–Crippen MR) is 53.8 cm³/mol. The van der Waals surface area contributed by atoms with E-state index >= 15 is 0 Å². The first-order valence-corrected chi connectivity index (χ1v) is 4.54. The van der Waals surface area contributed by atoms with Crippen molar-refractivity contribution in [2.45, 2.75) is 0 Å². The predicted octanol–water partition coefficient (Wildman–Crippen LogP) is 2.40. The highest BCUT2D eigenvalue weighted by atomic mass is 79.9. The zero-order valence-electron chi connectivity index (χ0n) is 6.99. The van der Waals surface area contributed by atoms with Crippen LogP contribution in [-0.2, 0) is 0 Å². The molecule has 0 saturated heterocycles. The SMILES string of the molecule is COc1nccc2c(Br)cncc12. The number of aromatic nitrogens is 2. The molecule has 0 N–H and O–H groups in total. The van der Waals surface area contributed by atoms with Crippen LogP contribution in [0.25, 0.3) is 10.8 Å². The minimum atomic E-state index is 0.603. The maximum absolute atomic E-state index is 5.11. The number of fused-ring (bicyclic) bond motifs is 1. The van der Waals surface area contributed by atoms with E-state index in [0.717, 1.165) is 15.2 Å². The lowest BCUT2D eigenvalue weighted by molar-refractivity contribution is 0.403. The Morgan fingerprint density at radius 2 is 2.15 bits per heavy atom. The number of methoxy groups -OCH3 is 1. The van der Waals surface area contributed by atoms with Gasteiger partial charge in [-0.2, -0.15) is 0 Å². The first kappa shape index (κ1) is 8.44. The summed E-state index contributed by atoms with van der Waals surface area (Å²) in [7, 11) is 1.60. The Balaban J connectivity index is 2.84. The summed E-state index contributed by atoms with van der Waals surface area (Å²) in [5, 5.41) is 1.97. The third kappa shape index (κ3) is 1.37. The standard InChI is InChI=1S/C9H7BrN2O/c1-13-9-7-4-11-5-8(10)6(7)2-3-12-9/h2-5H,1H3. The Labute approximate surface area is 83.9 Å². The molecule has 2 aromatic rings. The topological polar surface area (TPSA) is 35.0 Å². The molecule has 0 aliphatic carbocycles. The molecule has 0 spiro atoms. The van der Waals surface area contributed by atoms with Gasteiger partial charge in [0, 0.05) is 28.4 Å². The van der Waals surface area contributed by atoms with Crippen LogP contribution in [0.5, 0.6) is 5.88 Å². The fraction of sp³-hybridized carbons (Fsp3) is 0.111. The largest absolute Gasteiger partial charge is 0.481 e. The molecular weight excluding hydrogens is 232 g/mol. The third-order valence-corrected chi connectivity index (χ3v) is 2.43. The van der Waals surface area contributed by atoms with Crippen LogP contribution in [0.3, 0.4) is 0 Å². The molecule has 4 heteroatoms. The smallest absolute Gasteiger partial charge is 0.222 e. The van der Waals surface area contributed by atoms with Crippen LogP contribution in [0.2, 0.25) is 0 Å². The van der Waals surface area contributed by atoms with Crippen LogP contribution in [0, 0.1) is 0 Å². The van der Waals surface area contributed by atoms with Crippen LogP contribution in [0.4, 0.5) is 0 Å². The highest BCUT2D eigenvalue weighted by Gasteiger charge is 2.04. The van der Waals surface area contributed by atoms with E-state index in [4.69, 9.17) is 4.74 Å². The molecule has 13 heavy (non-hydrogen) atoms. The van der Waals surface area contributed by atoms with Crippen molar-refractivity contribution < 1.29 is 4.74 Å². The van der Waals surface area contributed by atoms with Crippen molar-refractivity contribution in [3.63, 3.8) is 0 Å². The fourth-order valence-corrected chi connectivity index (χ4v) is 1.66. The molecule has 0 aliphatic heterocycles. The van der Waals surface area contributed by atoms with Crippen LogP contribution >= 0.6 is 15.9 Å². The van der Waals surface area contributed by atoms with Gasteiger partial charge in [-0.25, -0.2) is 4.98 Å². The second-order valence-corrected chi connectivity index (χ2v) is 3.39. The second kappa shape index (κ2) is 3.30. The first-order valence-electron chi connectivity index (χ1n) is 3.75. The van der Waals surface area contributed by atoms with Gasteiger partial charge >= 0.3 is 0 Å². The molecule has 2 rings (SSSR count). The summed E-state index contributed by atoms with van der Waals surface area (Å²) in [6.07, 6.45) is 5.21. The summed E-state index contributed by atoms with van der Waals surface area (Å²) >= 11 is 3.41. The number of pyridine rings is 2. The summed E-state index contributed by atoms with van der Waals surface area (Å²) in [5.74, 6) is 0.603. The molecule has 0 radical (unpaired) electrons. The van der Waals surface area contributed by atoms with Crippen molar-refractivity contribution in [2.75, 3.05) is 7.11 Å². The molecule has 3 nitrogen and oxygen atoms in total. The molecular formula is C9H7BrN2O. The molecule has 0 unspecified atom stereocenters. The van der Waals surface area contributed by atoms with Gasteiger partial charge in [0.25, 0.3) is 0 Å². The van der Waals surface area contributed by atoms with Crippen LogP contribution in [0.15, 0.2) is 29.1 Å². The van der Waals surface area contributed by atoms with Gasteiger partial charge in [0.1, 0.15) is 0 Å². The average Bonchev–Trinajstić information content (AvgIpc) is 2.18. The Morgan fingerprint density at radius 1 is 1.31 bits per heavy atom. The summed E-state index contributed by atoms with van der Waals surface area (Å²) in [6.45, 7) is 0. The van der Waals surface area contributed by atoms with Gasteiger partial charge in [-0.3, -0.25) is 4.98 Å². The van der Waals surface area contributed by atoms with Crippen molar-refractivity contribution in [1.29, 1.82) is 0 Å². The van der Waals surface area contributed by atoms with Crippen molar-refractivity contribution >= 4 is 26.7 Å². The lowest BCUT2D eigenvalue weighted by Crippen LogP contribution is -1.89. The van der Waals surface area contributed by atoms with E-state index in [0.29, 0.717) is 5.88 Å². The minimum absolute atomic E-state index is 0.603. The molecule has 0 aromatic carbocycles.